The first-order chi connectivity index (χ1) is 13.5. The van der Waals surface area contributed by atoms with Crippen LogP contribution >= 0.6 is 11.8 Å². The maximum absolute atomic E-state index is 12.1. The molecule has 0 radical (unpaired) electrons. The molecule has 1 saturated heterocycles. The quantitative estimate of drug-likeness (QED) is 0.625. The Morgan fingerprint density at radius 3 is 1.89 bits per heavy atom. The van der Waals surface area contributed by atoms with E-state index in [9.17, 15) is 13.5 Å². The Hall–Kier alpha value is -2.24. The smallest absolute Gasteiger partial charge is 0.151 e. The van der Waals surface area contributed by atoms with Crippen LogP contribution in [0.3, 0.4) is 0 Å². The highest BCUT2D eigenvalue weighted by Crippen LogP contribution is 2.52. The molecule has 0 aromatic heterocycles. The van der Waals surface area contributed by atoms with Gasteiger partial charge in [-0.25, -0.2) is 8.42 Å². The van der Waals surface area contributed by atoms with Gasteiger partial charge in [0.2, 0.25) is 0 Å². The molecule has 1 N–H and O–H groups in total. The Balaban J connectivity index is 1.94. The first kappa shape index (κ1) is 19.1. The van der Waals surface area contributed by atoms with E-state index in [4.69, 9.17) is 0 Å². The third-order valence-corrected chi connectivity index (χ3v) is 8.92. The summed E-state index contributed by atoms with van der Waals surface area (Å²) >= 11 is 1.68. The van der Waals surface area contributed by atoms with E-state index in [1.165, 1.54) is 0 Å². The molecule has 0 bridgehead atoms. The number of aromatic hydroxyl groups is 1. The molecule has 1 heterocycles. The Labute approximate surface area is 170 Å². The molecule has 144 valence electrons. The molecule has 3 aromatic carbocycles. The number of thioether (sulfide) groups is 1. The van der Waals surface area contributed by atoms with Gasteiger partial charge in [0.25, 0.3) is 0 Å². The third-order valence-electron chi connectivity index (χ3n) is 5.15. The second kappa shape index (κ2) is 7.64. The predicted octanol–water partition coefficient (Wildman–Crippen LogP) is 4.60. The standard InChI is InChI=1S/C23H22O3S2/c24-21-13-7-12-20(16-21)23(18-8-3-1-4-9-18,19-10-5-2-6-11-19)27-22-14-15-28(25,26)17-22/h1-13,16,22,24H,14-15,17H2. The molecule has 0 amide bonds. The van der Waals surface area contributed by atoms with Gasteiger partial charge in [-0.1, -0.05) is 72.8 Å². The third kappa shape index (κ3) is 3.69. The summed E-state index contributed by atoms with van der Waals surface area (Å²) in [5.41, 5.74) is 3.08. The molecule has 1 unspecified atom stereocenters. The van der Waals surface area contributed by atoms with Crippen molar-refractivity contribution in [1.82, 2.24) is 0 Å². The summed E-state index contributed by atoms with van der Waals surface area (Å²) in [6, 6.07) is 27.6. The van der Waals surface area contributed by atoms with Crippen molar-refractivity contribution in [2.75, 3.05) is 11.5 Å². The molecule has 1 atom stereocenters. The van der Waals surface area contributed by atoms with Crippen LogP contribution in [0.2, 0.25) is 0 Å². The summed E-state index contributed by atoms with van der Waals surface area (Å²) < 4.78 is 23.7. The van der Waals surface area contributed by atoms with Crippen LogP contribution in [-0.2, 0) is 14.6 Å². The van der Waals surface area contributed by atoms with Crippen LogP contribution in [0.25, 0.3) is 0 Å². The Morgan fingerprint density at radius 2 is 1.39 bits per heavy atom. The molecule has 0 saturated carbocycles. The van der Waals surface area contributed by atoms with Gasteiger partial charge in [-0.15, -0.1) is 11.8 Å². The molecule has 28 heavy (non-hydrogen) atoms. The molecule has 1 aliphatic rings. The van der Waals surface area contributed by atoms with Gasteiger partial charge in [0.15, 0.2) is 9.84 Å². The molecule has 5 heteroatoms. The molecule has 0 spiro atoms. The van der Waals surface area contributed by atoms with Crippen molar-refractivity contribution < 1.29 is 13.5 Å². The number of benzene rings is 3. The highest BCUT2D eigenvalue weighted by atomic mass is 32.2. The minimum absolute atomic E-state index is 0.00670. The molecule has 3 nitrogen and oxygen atoms in total. The van der Waals surface area contributed by atoms with Gasteiger partial charge in [-0.2, -0.15) is 0 Å². The van der Waals surface area contributed by atoms with Gasteiger partial charge < -0.3 is 5.11 Å². The van der Waals surface area contributed by atoms with E-state index in [1.807, 2.05) is 48.5 Å². The largest absolute Gasteiger partial charge is 0.508 e. The van der Waals surface area contributed by atoms with Gasteiger partial charge in [-0.05, 0) is 35.2 Å². The minimum atomic E-state index is -2.99. The van der Waals surface area contributed by atoms with Crippen LogP contribution in [0.1, 0.15) is 23.1 Å². The van der Waals surface area contributed by atoms with Crippen LogP contribution in [0.5, 0.6) is 5.75 Å². The first-order valence-electron chi connectivity index (χ1n) is 9.28. The average Bonchev–Trinajstić information content (AvgIpc) is 3.06. The van der Waals surface area contributed by atoms with Gasteiger partial charge in [0.05, 0.1) is 16.3 Å². The molecule has 1 fully saturated rings. The number of rotatable bonds is 5. The SMILES string of the molecule is O=S1(=O)CCC(SC(c2ccccc2)(c2ccccc2)c2cccc(O)c2)C1. The van der Waals surface area contributed by atoms with Crippen molar-refractivity contribution in [1.29, 1.82) is 0 Å². The van der Waals surface area contributed by atoms with E-state index in [0.717, 1.165) is 16.7 Å². The molecular formula is C23H22O3S2. The van der Waals surface area contributed by atoms with Crippen LogP contribution in [0.15, 0.2) is 84.9 Å². The zero-order valence-corrected chi connectivity index (χ0v) is 17.0. The van der Waals surface area contributed by atoms with Crippen molar-refractivity contribution >= 4 is 21.6 Å². The fourth-order valence-electron chi connectivity index (χ4n) is 3.88. The number of hydrogen-bond donors (Lipinski definition) is 1. The minimum Gasteiger partial charge on any atom is -0.508 e. The van der Waals surface area contributed by atoms with Gasteiger partial charge in [-0.3, -0.25) is 0 Å². The van der Waals surface area contributed by atoms with E-state index in [0.29, 0.717) is 6.42 Å². The lowest BCUT2D eigenvalue weighted by Gasteiger charge is -2.37. The van der Waals surface area contributed by atoms with Crippen LogP contribution in [0.4, 0.5) is 0 Å². The lowest BCUT2D eigenvalue weighted by molar-refractivity contribution is 0.474. The predicted molar refractivity (Wildman–Crippen MR) is 116 cm³/mol. The summed E-state index contributed by atoms with van der Waals surface area (Å²) in [5.74, 6) is 0.635. The average molecular weight is 411 g/mol. The van der Waals surface area contributed by atoms with Gasteiger partial charge in [0.1, 0.15) is 5.75 Å². The summed E-state index contributed by atoms with van der Waals surface area (Å²) in [5, 5.41) is 10.2. The van der Waals surface area contributed by atoms with E-state index in [-0.39, 0.29) is 22.5 Å². The zero-order chi connectivity index (χ0) is 19.6. The van der Waals surface area contributed by atoms with E-state index < -0.39 is 14.6 Å². The maximum Gasteiger partial charge on any atom is 0.151 e. The van der Waals surface area contributed by atoms with Crippen molar-refractivity contribution in [3.8, 4) is 5.75 Å². The number of sulfone groups is 1. The lowest BCUT2D eigenvalue weighted by atomic mass is 9.84. The van der Waals surface area contributed by atoms with Gasteiger partial charge >= 0.3 is 0 Å². The van der Waals surface area contributed by atoms with Crippen molar-refractivity contribution in [2.24, 2.45) is 0 Å². The first-order valence-corrected chi connectivity index (χ1v) is 12.0. The zero-order valence-electron chi connectivity index (χ0n) is 15.4. The van der Waals surface area contributed by atoms with Crippen molar-refractivity contribution in [3.63, 3.8) is 0 Å². The topological polar surface area (TPSA) is 54.4 Å². The second-order valence-corrected chi connectivity index (χ2v) is 10.8. The Kier molecular flexibility index (Phi) is 5.21. The Bertz CT molecular complexity index is 1010. The normalized spacial score (nSPS) is 18.8. The summed E-state index contributed by atoms with van der Waals surface area (Å²) in [4.78, 5) is 0. The number of phenols is 1. The number of phenolic OH excluding ortho intramolecular Hbond substituents is 1. The molecule has 1 aliphatic heterocycles. The van der Waals surface area contributed by atoms with Gasteiger partial charge in [0, 0.05) is 5.25 Å². The molecule has 0 aliphatic carbocycles. The highest BCUT2D eigenvalue weighted by Gasteiger charge is 2.42. The van der Waals surface area contributed by atoms with Crippen LogP contribution in [-0.4, -0.2) is 30.3 Å². The van der Waals surface area contributed by atoms with Crippen LogP contribution < -0.4 is 0 Å². The fourth-order valence-corrected chi connectivity index (χ4v) is 8.01. The lowest BCUT2D eigenvalue weighted by Crippen LogP contribution is -2.29. The summed E-state index contributed by atoms with van der Waals surface area (Å²) in [7, 11) is -2.99. The highest BCUT2D eigenvalue weighted by molar-refractivity contribution is 8.03. The van der Waals surface area contributed by atoms with E-state index in [1.54, 1.807) is 23.9 Å². The van der Waals surface area contributed by atoms with E-state index >= 15 is 0 Å². The molecule has 3 aromatic rings. The maximum atomic E-state index is 12.1. The summed E-state index contributed by atoms with van der Waals surface area (Å²) in [6.45, 7) is 0. The molecule has 4 rings (SSSR count). The van der Waals surface area contributed by atoms with Crippen LogP contribution in [0, 0.1) is 0 Å². The number of hydrogen-bond acceptors (Lipinski definition) is 4. The Morgan fingerprint density at radius 1 is 0.821 bits per heavy atom. The van der Waals surface area contributed by atoms with E-state index in [2.05, 4.69) is 24.3 Å². The summed E-state index contributed by atoms with van der Waals surface area (Å²) in [6.07, 6.45) is 0.646. The fraction of sp³-hybridized carbons (Fsp3) is 0.217. The monoisotopic (exact) mass is 410 g/mol. The molecular weight excluding hydrogens is 388 g/mol. The van der Waals surface area contributed by atoms with Crippen molar-refractivity contribution in [3.05, 3.63) is 102 Å². The second-order valence-electron chi connectivity index (χ2n) is 7.11. The van der Waals surface area contributed by atoms with Crippen molar-refractivity contribution in [2.45, 2.75) is 16.4 Å².